The molecule has 33 heavy (non-hydrogen) atoms. The van der Waals surface area contributed by atoms with Crippen molar-refractivity contribution in [2.75, 3.05) is 16.8 Å². The van der Waals surface area contributed by atoms with Crippen LogP contribution < -0.4 is 10.2 Å². The average molecular weight is 450 g/mol. The first-order valence-corrected chi connectivity index (χ1v) is 10.8. The van der Waals surface area contributed by atoms with Gasteiger partial charge < -0.3 is 5.32 Å². The quantitative estimate of drug-likeness (QED) is 0.427. The standard InChI is InChI=1S/C23H19FN4O5/c1-11-15(4-2-5-16(11)28(32)33)27-20(29)18-17-6-3-9-26(17)23(19(18)21(27)30)13-10-12(24)7-8-14(13)25-22(23)31/h2,4-5,7-8,10,17-19H,3,6,9H2,1H3,(H,25,31)/t17-,18+,19-,23-/m0/s1. The minimum atomic E-state index is -1.49. The zero-order valence-electron chi connectivity index (χ0n) is 17.6. The number of rotatable bonds is 2. The number of nitrogens with one attached hydrogen (secondary N) is 1. The lowest BCUT2D eigenvalue weighted by Crippen LogP contribution is -2.54. The Balaban J connectivity index is 1.56. The van der Waals surface area contributed by atoms with E-state index in [1.165, 1.54) is 43.3 Å². The Hall–Kier alpha value is -3.66. The molecule has 9 nitrogen and oxygen atoms in total. The molecule has 4 aliphatic heterocycles. The van der Waals surface area contributed by atoms with E-state index >= 15 is 0 Å². The molecule has 0 saturated carbocycles. The van der Waals surface area contributed by atoms with Crippen LogP contribution in [0.25, 0.3) is 0 Å². The molecule has 3 saturated heterocycles. The largest absolute Gasteiger partial charge is 0.324 e. The van der Waals surface area contributed by atoms with Crippen molar-refractivity contribution in [3.63, 3.8) is 0 Å². The molecule has 6 rings (SSSR count). The van der Waals surface area contributed by atoms with Crippen molar-refractivity contribution in [3.8, 4) is 0 Å². The summed E-state index contributed by atoms with van der Waals surface area (Å²) in [5, 5.41) is 14.2. The maximum atomic E-state index is 14.3. The molecule has 1 N–H and O–H groups in total. The fraction of sp³-hybridized carbons (Fsp3) is 0.348. The van der Waals surface area contributed by atoms with Gasteiger partial charge in [0.15, 0.2) is 0 Å². The molecule has 0 aromatic heterocycles. The second-order valence-electron chi connectivity index (χ2n) is 9.01. The molecule has 0 bridgehead atoms. The number of hydrogen-bond donors (Lipinski definition) is 1. The Bertz CT molecular complexity index is 1300. The summed E-state index contributed by atoms with van der Waals surface area (Å²) in [6.45, 7) is 2.00. The number of carbonyl (C=O) groups excluding carboxylic acids is 3. The summed E-state index contributed by atoms with van der Waals surface area (Å²) in [6, 6.07) is 7.88. The van der Waals surface area contributed by atoms with Gasteiger partial charge in [-0.2, -0.15) is 0 Å². The van der Waals surface area contributed by atoms with Crippen LogP contribution in [-0.2, 0) is 19.9 Å². The Morgan fingerprint density at radius 2 is 1.97 bits per heavy atom. The highest BCUT2D eigenvalue weighted by Crippen LogP contribution is 2.60. The van der Waals surface area contributed by atoms with Crippen LogP contribution in [0.15, 0.2) is 36.4 Å². The molecular weight excluding hydrogens is 431 g/mol. The van der Waals surface area contributed by atoms with Crippen LogP contribution in [0, 0.1) is 34.7 Å². The minimum absolute atomic E-state index is 0.145. The topological polar surface area (TPSA) is 113 Å². The first-order valence-electron chi connectivity index (χ1n) is 10.8. The predicted molar refractivity (Wildman–Crippen MR) is 114 cm³/mol. The SMILES string of the molecule is Cc1c(N2C(=O)[C@H]3[C@@H](C2=O)[C@@]2(C(=O)Nc4ccc(F)cc42)N2CCC[C@@H]32)cccc1[N+](=O)[O-]. The second kappa shape index (κ2) is 6.44. The number of imide groups is 1. The smallest absolute Gasteiger partial charge is 0.274 e. The summed E-state index contributed by atoms with van der Waals surface area (Å²) in [4.78, 5) is 54.9. The van der Waals surface area contributed by atoms with Crippen LogP contribution in [0.2, 0.25) is 0 Å². The highest BCUT2D eigenvalue weighted by molar-refractivity contribution is 6.26. The lowest BCUT2D eigenvalue weighted by atomic mass is 9.75. The Morgan fingerprint density at radius 3 is 2.73 bits per heavy atom. The second-order valence-corrected chi connectivity index (χ2v) is 9.01. The van der Waals surface area contributed by atoms with Crippen LogP contribution >= 0.6 is 0 Å². The maximum absolute atomic E-state index is 14.3. The van der Waals surface area contributed by atoms with Crippen molar-refractivity contribution in [1.29, 1.82) is 0 Å². The highest BCUT2D eigenvalue weighted by atomic mass is 19.1. The van der Waals surface area contributed by atoms with Gasteiger partial charge in [0.05, 0.1) is 28.0 Å². The molecule has 2 aromatic rings. The van der Waals surface area contributed by atoms with E-state index in [1.54, 1.807) is 0 Å². The first-order chi connectivity index (χ1) is 15.8. The summed E-state index contributed by atoms with van der Waals surface area (Å²) < 4.78 is 14.3. The van der Waals surface area contributed by atoms with Gasteiger partial charge in [-0.3, -0.25) is 29.4 Å². The van der Waals surface area contributed by atoms with E-state index in [4.69, 9.17) is 0 Å². The van der Waals surface area contributed by atoms with Crippen molar-refractivity contribution >= 4 is 34.8 Å². The van der Waals surface area contributed by atoms with E-state index in [1.807, 2.05) is 4.90 Å². The predicted octanol–water partition coefficient (Wildman–Crippen LogP) is 2.47. The number of nitrogens with zero attached hydrogens (tertiary/aromatic N) is 3. The van der Waals surface area contributed by atoms with E-state index in [-0.39, 0.29) is 23.0 Å². The molecule has 4 aliphatic rings. The van der Waals surface area contributed by atoms with Gasteiger partial charge in [-0.1, -0.05) is 6.07 Å². The minimum Gasteiger partial charge on any atom is -0.324 e. The van der Waals surface area contributed by atoms with Crippen LogP contribution in [0.4, 0.5) is 21.5 Å². The summed E-state index contributed by atoms with van der Waals surface area (Å²) in [7, 11) is 0. The molecule has 3 amide bonds. The Morgan fingerprint density at radius 1 is 1.18 bits per heavy atom. The fourth-order valence-electron chi connectivity index (χ4n) is 6.46. The first kappa shape index (κ1) is 20.0. The third-order valence-electron chi connectivity index (χ3n) is 7.67. The van der Waals surface area contributed by atoms with E-state index in [2.05, 4.69) is 5.32 Å². The molecule has 3 fully saturated rings. The summed E-state index contributed by atoms with van der Waals surface area (Å²) in [5.74, 6) is -3.88. The van der Waals surface area contributed by atoms with Gasteiger partial charge in [0.2, 0.25) is 17.7 Å². The number of fused-ring (bicyclic) bond motifs is 7. The average Bonchev–Trinajstić information content (AvgIpc) is 3.47. The van der Waals surface area contributed by atoms with E-state index in [0.29, 0.717) is 24.2 Å². The van der Waals surface area contributed by atoms with Gasteiger partial charge in [-0.05, 0) is 50.6 Å². The van der Waals surface area contributed by atoms with Gasteiger partial charge >= 0.3 is 0 Å². The lowest BCUT2D eigenvalue weighted by molar-refractivity contribution is -0.385. The summed E-state index contributed by atoms with van der Waals surface area (Å²) >= 11 is 0. The Kier molecular flexibility index (Phi) is 3.90. The zero-order valence-corrected chi connectivity index (χ0v) is 17.6. The van der Waals surface area contributed by atoms with Crippen LogP contribution in [0.3, 0.4) is 0 Å². The number of nitro benzene ring substituents is 1. The monoisotopic (exact) mass is 450 g/mol. The fourth-order valence-corrected chi connectivity index (χ4v) is 6.46. The van der Waals surface area contributed by atoms with Crippen molar-refractivity contribution in [2.24, 2.45) is 11.8 Å². The number of halogens is 1. The summed E-state index contributed by atoms with van der Waals surface area (Å²) in [5.41, 5.74) is -0.550. The van der Waals surface area contributed by atoms with Gasteiger partial charge in [0, 0.05) is 23.4 Å². The molecule has 0 unspecified atom stereocenters. The highest BCUT2D eigenvalue weighted by Gasteiger charge is 2.74. The third kappa shape index (κ3) is 2.26. The molecule has 0 aliphatic carbocycles. The van der Waals surface area contributed by atoms with Gasteiger partial charge in [0.25, 0.3) is 5.69 Å². The van der Waals surface area contributed by atoms with E-state index in [0.717, 1.165) is 11.3 Å². The summed E-state index contributed by atoms with van der Waals surface area (Å²) in [6.07, 6.45) is 1.37. The maximum Gasteiger partial charge on any atom is 0.274 e. The molecule has 2 aromatic carbocycles. The van der Waals surface area contributed by atoms with Gasteiger partial charge in [-0.15, -0.1) is 0 Å². The van der Waals surface area contributed by atoms with Crippen LogP contribution in [0.1, 0.15) is 24.0 Å². The van der Waals surface area contributed by atoms with E-state index < -0.39 is 45.8 Å². The molecule has 4 heterocycles. The number of benzene rings is 2. The van der Waals surface area contributed by atoms with Crippen molar-refractivity contribution in [1.82, 2.24) is 4.90 Å². The number of amides is 3. The van der Waals surface area contributed by atoms with Crippen molar-refractivity contribution in [3.05, 3.63) is 63.5 Å². The molecule has 10 heteroatoms. The molecule has 4 atom stereocenters. The molecule has 0 radical (unpaired) electrons. The third-order valence-corrected chi connectivity index (χ3v) is 7.67. The van der Waals surface area contributed by atoms with Crippen molar-refractivity contribution in [2.45, 2.75) is 31.3 Å². The normalized spacial score (nSPS) is 30.1. The number of nitro groups is 1. The molecule has 168 valence electrons. The van der Waals surface area contributed by atoms with Crippen LogP contribution in [0.5, 0.6) is 0 Å². The molecule has 1 spiro atoms. The number of carbonyl (C=O) groups is 3. The zero-order chi connectivity index (χ0) is 23.2. The van der Waals surface area contributed by atoms with Crippen molar-refractivity contribution < 1.29 is 23.7 Å². The Labute approximate surface area is 187 Å². The van der Waals surface area contributed by atoms with Crippen LogP contribution in [-0.4, -0.2) is 40.1 Å². The van der Waals surface area contributed by atoms with Gasteiger partial charge in [-0.25, -0.2) is 9.29 Å². The number of hydrogen-bond acceptors (Lipinski definition) is 6. The van der Waals surface area contributed by atoms with E-state index in [9.17, 15) is 28.9 Å². The molecular formula is C23H19FN4O5. The van der Waals surface area contributed by atoms with Gasteiger partial charge in [0.1, 0.15) is 11.4 Å². The number of anilines is 2. The lowest BCUT2D eigenvalue weighted by Gasteiger charge is -2.36.